The van der Waals surface area contributed by atoms with Crippen LogP contribution in [0.1, 0.15) is 43.2 Å². The number of aromatic nitrogens is 6. The van der Waals surface area contributed by atoms with Crippen LogP contribution in [0.4, 0.5) is 0 Å². The number of nitrogens with zero attached hydrogens (tertiary/aromatic N) is 6. The van der Waals surface area contributed by atoms with Crippen LogP contribution in [-0.4, -0.2) is 28.2 Å². The summed E-state index contributed by atoms with van der Waals surface area (Å²) in [6.45, 7) is 0. The Morgan fingerprint density at radius 2 is 0.726 bits per heavy atom. The Balaban J connectivity index is 0.875. The third-order valence-corrected chi connectivity index (χ3v) is 13.8. The van der Waals surface area contributed by atoms with Gasteiger partial charge in [-0.05, 0) is 121 Å². The number of benzene rings is 8. The maximum atomic E-state index is 4.67. The molecular weight excluding hydrogens is 757 g/mol. The Bertz CT molecular complexity index is 3430. The molecular formula is C56H42N6. The van der Waals surface area contributed by atoms with Crippen molar-refractivity contribution in [2.75, 3.05) is 0 Å². The van der Waals surface area contributed by atoms with E-state index in [9.17, 15) is 0 Å². The van der Waals surface area contributed by atoms with E-state index in [1.54, 1.807) is 0 Å². The van der Waals surface area contributed by atoms with Crippen LogP contribution in [0.5, 0.6) is 0 Å². The first-order chi connectivity index (χ1) is 30.7. The summed E-state index contributed by atoms with van der Waals surface area (Å²) in [5.41, 5.74) is 16.4. The minimum Gasteiger partial charge on any atom is -0.309 e. The van der Waals surface area contributed by atoms with Crippen LogP contribution in [0.3, 0.4) is 0 Å². The number of rotatable bonds is 6. The molecule has 296 valence electrons. The van der Waals surface area contributed by atoms with Crippen molar-refractivity contribution >= 4 is 65.7 Å². The third kappa shape index (κ3) is 5.23. The van der Waals surface area contributed by atoms with E-state index in [4.69, 9.17) is 0 Å². The van der Waals surface area contributed by atoms with Gasteiger partial charge in [0.15, 0.2) is 0 Å². The van der Waals surface area contributed by atoms with E-state index in [1.165, 1.54) is 85.4 Å². The molecule has 0 amide bonds. The van der Waals surface area contributed by atoms with Gasteiger partial charge in [-0.3, -0.25) is 9.13 Å². The van der Waals surface area contributed by atoms with Crippen LogP contribution in [0.15, 0.2) is 195 Å². The van der Waals surface area contributed by atoms with Crippen molar-refractivity contribution in [3.05, 3.63) is 206 Å². The number of para-hydroxylation sites is 6. The molecule has 1 aliphatic rings. The van der Waals surface area contributed by atoms with Crippen LogP contribution in [-0.2, 0) is 5.41 Å². The fourth-order valence-electron chi connectivity index (χ4n) is 10.9. The quantitative estimate of drug-likeness (QED) is 0.168. The summed E-state index contributed by atoms with van der Waals surface area (Å²) in [5.74, 6) is 0. The van der Waals surface area contributed by atoms with Gasteiger partial charge in [-0.25, -0.2) is 9.97 Å². The van der Waals surface area contributed by atoms with Crippen molar-refractivity contribution in [1.82, 2.24) is 28.2 Å². The Kier molecular flexibility index (Phi) is 7.73. The van der Waals surface area contributed by atoms with Gasteiger partial charge in [-0.2, -0.15) is 0 Å². The van der Waals surface area contributed by atoms with Crippen molar-refractivity contribution in [1.29, 1.82) is 0 Å². The molecule has 62 heavy (non-hydrogen) atoms. The monoisotopic (exact) mass is 798 g/mol. The van der Waals surface area contributed by atoms with Gasteiger partial charge in [0.1, 0.15) is 12.7 Å². The molecule has 8 aromatic carbocycles. The van der Waals surface area contributed by atoms with Crippen LogP contribution in [0, 0.1) is 0 Å². The van der Waals surface area contributed by atoms with E-state index >= 15 is 0 Å². The van der Waals surface area contributed by atoms with E-state index in [0.717, 1.165) is 46.3 Å². The molecule has 13 rings (SSSR count). The predicted molar refractivity (Wildman–Crippen MR) is 255 cm³/mol. The average molecular weight is 799 g/mol. The first-order valence-corrected chi connectivity index (χ1v) is 21.9. The molecule has 0 radical (unpaired) electrons. The molecule has 1 saturated carbocycles. The van der Waals surface area contributed by atoms with Crippen LogP contribution in [0.25, 0.3) is 88.4 Å². The van der Waals surface area contributed by atoms with Crippen LogP contribution < -0.4 is 0 Å². The third-order valence-electron chi connectivity index (χ3n) is 13.8. The molecule has 4 aromatic heterocycles. The molecule has 12 aromatic rings. The van der Waals surface area contributed by atoms with E-state index < -0.39 is 0 Å². The molecule has 0 spiro atoms. The van der Waals surface area contributed by atoms with Crippen LogP contribution in [0.2, 0.25) is 0 Å². The summed E-state index contributed by atoms with van der Waals surface area (Å²) in [6.07, 6.45) is 9.90. The maximum absolute atomic E-state index is 4.67. The van der Waals surface area contributed by atoms with Gasteiger partial charge in [0.2, 0.25) is 0 Å². The largest absolute Gasteiger partial charge is 0.309 e. The Morgan fingerprint density at radius 1 is 0.339 bits per heavy atom. The normalized spacial score (nSPS) is 14.3. The molecule has 1 fully saturated rings. The zero-order valence-electron chi connectivity index (χ0n) is 34.2. The molecule has 6 heteroatoms. The lowest BCUT2D eigenvalue weighted by atomic mass is 9.65. The second-order valence-electron chi connectivity index (χ2n) is 17.1. The minimum atomic E-state index is -0.0398. The van der Waals surface area contributed by atoms with E-state index in [2.05, 4.69) is 198 Å². The van der Waals surface area contributed by atoms with Gasteiger partial charge in [-0.1, -0.05) is 104 Å². The molecule has 4 heterocycles. The van der Waals surface area contributed by atoms with E-state index in [1.807, 2.05) is 24.8 Å². The van der Waals surface area contributed by atoms with Gasteiger partial charge in [-0.15, -0.1) is 0 Å². The second-order valence-corrected chi connectivity index (χ2v) is 17.1. The first kappa shape index (κ1) is 35.1. The van der Waals surface area contributed by atoms with Gasteiger partial charge in [0.25, 0.3) is 0 Å². The second kappa shape index (κ2) is 13.7. The zero-order valence-corrected chi connectivity index (χ0v) is 34.2. The fourth-order valence-corrected chi connectivity index (χ4v) is 10.9. The predicted octanol–water partition coefficient (Wildman–Crippen LogP) is 13.8. The molecule has 6 nitrogen and oxygen atoms in total. The van der Waals surface area contributed by atoms with Gasteiger partial charge < -0.3 is 9.13 Å². The van der Waals surface area contributed by atoms with Crippen molar-refractivity contribution in [2.24, 2.45) is 0 Å². The molecule has 0 N–H and O–H groups in total. The number of imidazole rings is 2. The summed E-state index contributed by atoms with van der Waals surface area (Å²) in [5, 5.41) is 4.97. The smallest absolute Gasteiger partial charge is 0.100 e. The summed E-state index contributed by atoms with van der Waals surface area (Å²) in [6, 6.07) is 66.9. The SMILES string of the molecule is c1ccc2c(c1)ncn2-c1ccc2c(c1)c1ccccc1n2-c1ccc(C2(c3ccc(-n4c5ccccc5c5cc(-n6cnc7ccccc76)ccc54)cc3)CCCCC2)cc1. The Labute approximate surface area is 358 Å². The summed E-state index contributed by atoms with van der Waals surface area (Å²) in [4.78, 5) is 9.35. The first-order valence-electron chi connectivity index (χ1n) is 21.9. The number of hydrogen-bond donors (Lipinski definition) is 0. The lowest BCUT2D eigenvalue weighted by Gasteiger charge is -2.39. The highest BCUT2D eigenvalue weighted by molar-refractivity contribution is 6.11. The standard InChI is InChI=1S/C56H42N6/c1-10-32-56(33-11-1,38-20-24-40(25-21-38)61-50-16-6-2-12-44(50)46-34-42(28-30-52(46)61)59-36-57-48-14-4-8-18-54(48)59)39-22-26-41(27-23-39)62-51-17-7-3-13-45(51)47-35-43(29-31-53(47)62)60-37-58-49-15-5-9-19-55(49)60/h2-9,12-31,34-37H,1,10-11,32-33H2. The lowest BCUT2D eigenvalue weighted by molar-refractivity contribution is 0.346. The van der Waals surface area contributed by atoms with E-state index in [-0.39, 0.29) is 5.41 Å². The highest BCUT2D eigenvalue weighted by Gasteiger charge is 2.36. The van der Waals surface area contributed by atoms with Crippen molar-refractivity contribution in [3.8, 4) is 22.7 Å². The average Bonchev–Trinajstić information content (AvgIpc) is 4.13. The topological polar surface area (TPSA) is 45.5 Å². The van der Waals surface area contributed by atoms with Crippen molar-refractivity contribution in [3.63, 3.8) is 0 Å². The van der Waals surface area contributed by atoms with Crippen LogP contribution >= 0.6 is 0 Å². The molecule has 0 atom stereocenters. The summed E-state index contributed by atoms with van der Waals surface area (Å²) < 4.78 is 9.24. The molecule has 0 unspecified atom stereocenters. The highest BCUT2D eigenvalue weighted by atomic mass is 15.1. The summed E-state index contributed by atoms with van der Waals surface area (Å²) in [7, 11) is 0. The fraction of sp³-hybridized carbons (Fsp3) is 0.107. The summed E-state index contributed by atoms with van der Waals surface area (Å²) >= 11 is 0. The van der Waals surface area contributed by atoms with Crippen molar-refractivity contribution < 1.29 is 0 Å². The molecule has 1 aliphatic carbocycles. The zero-order chi connectivity index (χ0) is 40.8. The van der Waals surface area contributed by atoms with Gasteiger partial charge in [0.05, 0.1) is 44.1 Å². The van der Waals surface area contributed by atoms with E-state index in [0.29, 0.717) is 0 Å². The Morgan fingerprint density at radius 3 is 1.19 bits per heavy atom. The van der Waals surface area contributed by atoms with Crippen molar-refractivity contribution in [2.45, 2.75) is 37.5 Å². The maximum Gasteiger partial charge on any atom is 0.100 e. The number of fused-ring (bicyclic) bond motifs is 8. The highest BCUT2D eigenvalue weighted by Crippen LogP contribution is 2.46. The lowest BCUT2D eigenvalue weighted by Crippen LogP contribution is -2.30. The molecule has 0 aliphatic heterocycles. The minimum absolute atomic E-state index is 0.0398. The van der Waals surface area contributed by atoms with Gasteiger partial charge >= 0.3 is 0 Å². The molecule has 0 bridgehead atoms. The van der Waals surface area contributed by atoms with Gasteiger partial charge in [0, 0.05) is 49.7 Å². The molecule has 0 saturated heterocycles. The Hall–Kier alpha value is -7.70. The number of hydrogen-bond acceptors (Lipinski definition) is 2.